The molecule has 0 aliphatic carbocycles. The number of methoxy groups -OCH3 is 1. The minimum atomic E-state index is -1.23. The van der Waals surface area contributed by atoms with Gasteiger partial charge in [0.1, 0.15) is 28.9 Å². The molecule has 15 heteroatoms. The zero-order chi connectivity index (χ0) is 29.1. The van der Waals surface area contributed by atoms with Crippen LogP contribution in [0.2, 0.25) is 0 Å². The van der Waals surface area contributed by atoms with Gasteiger partial charge >= 0.3 is 5.97 Å². The van der Waals surface area contributed by atoms with E-state index < -0.39 is 41.1 Å². The fraction of sp³-hybridized carbons (Fsp3) is 0.269. The van der Waals surface area contributed by atoms with Gasteiger partial charge in [0, 0.05) is 18.6 Å². The number of rotatable bonds is 10. The number of carbonyl (C=O) groups is 4. The summed E-state index contributed by atoms with van der Waals surface area (Å²) in [5, 5.41) is 26.6. The Morgan fingerprint density at radius 1 is 1.17 bits per heavy atom. The molecule has 3 heterocycles. The summed E-state index contributed by atoms with van der Waals surface area (Å²) in [5.74, 6) is -1.94. The van der Waals surface area contributed by atoms with Gasteiger partial charge in [-0.05, 0) is 33.7 Å². The second-order valence-electron chi connectivity index (χ2n) is 9.04. The molecule has 1 saturated heterocycles. The zero-order valence-corrected chi connectivity index (χ0v) is 23.5. The van der Waals surface area contributed by atoms with Crippen LogP contribution < -0.4 is 15.4 Å². The summed E-state index contributed by atoms with van der Waals surface area (Å²) in [7, 11) is 3.12. The van der Waals surface area contributed by atoms with Gasteiger partial charge in [-0.15, -0.1) is 16.9 Å². The summed E-state index contributed by atoms with van der Waals surface area (Å²) in [6, 6.07) is 13.2. The number of fused-ring (bicyclic) bond motifs is 1. The maximum atomic E-state index is 13.5. The molecule has 5 rings (SSSR count). The number of carbonyl (C=O) groups excluding carboxylic acids is 3. The van der Waals surface area contributed by atoms with E-state index >= 15 is 0 Å². The first-order valence-electron chi connectivity index (χ1n) is 12.3. The Labute approximate surface area is 242 Å². The molecule has 212 valence electrons. The summed E-state index contributed by atoms with van der Waals surface area (Å²) >= 11 is 2.62. The Bertz CT molecular complexity index is 1530. The molecule has 0 spiro atoms. The standard InChI is InChI=1S/C26H25N7O6S2/c1-32-26(29-30-31-32)41-13-15-12-40-24-19(23(36)33(24)20(15)25(37)38)28-22(35)18(14-8-4-3-5-9-14)27-21(34)16-10-6-7-11-17(16)39-2/h3-11,18-19,24H,12-13H2,1-2H3,(H,27,34)(H,28,35)(H,37,38)/t18-,19?,24-/m0/s1. The quantitative estimate of drug-likeness (QED) is 0.228. The molecular weight excluding hydrogens is 570 g/mol. The molecule has 3 N–H and O–H groups in total. The number of β-lactam (4-membered cyclic amide) rings is 1. The number of benzene rings is 2. The Balaban J connectivity index is 1.33. The molecule has 3 amide bonds. The van der Waals surface area contributed by atoms with Crippen LogP contribution >= 0.6 is 23.5 Å². The molecule has 13 nitrogen and oxygen atoms in total. The number of carboxylic acid groups (broad SMARTS) is 1. The van der Waals surface area contributed by atoms with E-state index in [0.717, 1.165) is 0 Å². The number of nitrogens with zero attached hydrogens (tertiary/aromatic N) is 5. The lowest BCUT2D eigenvalue weighted by Crippen LogP contribution is -2.71. The predicted molar refractivity (Wildman–Crippen MR) is 149 cm³/mol. The molecule has 41 heavy (non-hydrogen) atoms. The second-order valence-corrected chi connectivity index (χ2v) is 11.1. The number of thioether (sulfide) groups is 2. The van der Waals surface area contributed by atoms with Crippen molar-refractivity contribution in [2.75, 3.05) is 18.6 Å². The largest absolute Gasteiger partial charge is 0.496 e. The first-order valence-corrected chi connectivity index (χ1v) is 14.4. The zero-order valence-electron chi connectivity index (χ0n) is 21.9. The van der Waals surface area contributed by atoms with Gasteiger partial charge in [-0.3, -0.25) is 19.3 Å². The van der Waals surface area contributed by atoms with E-state index in [2.05, 4.69) is 26.2 Å². The van der Waals surface area contributed by atoms with Gasteiger partial charge in [-0.25, -0.2) is 9.48 Å². The van der Waals surface area contributed by atoms with Crippen molar-refractivity contribution < 1.29 is 29.0 Å². The van der Waals surface area contributed by atoms with Crippen LogP contribution in [0.5, 0.6) is 5.75 Å². The molecule has 3 atom stereocenters. The van der Waals surface area contributed by atoms with Gasteiger partial charge in [-0.1, -0.05) is 54.2 Å². The third-order valence-electron chi connectivity index (χ3n) is 6.53. The van der Waals surface area contributed by atoms with Gasteiger partial charge < -0.3 is 20.5 Å². The van der Waals surface area contributed by atoms with Crippen molar-refractivity contribution >= 4 is 47.2 Å². The lowest BCUT2D eigenvalue weighted by Gasteiger charge is -2.49. The Morgan fingerprint density at radius 3 is 2.59 bits per heavy atom. The highest BCUT2D eigenvalue weighted by Gasteiger charge is 2.54. The van der Waals surface area contributed by atoms with Crippen LogP contribution in [-0.2, 0) is 21.4 Å². The molecule has 1 fully saturated rings. The summed E-state index contributed by atoms with van der Waals surface area (Å²) in [4.78, 5) is 53.3. The number of hydrogen-bond acceptors (Lipinski definition) is 10. The number of aryl methyl sites for hydroxylation is 1. The summed E-state index contributed by atoms with van der Waals surface area (Å²) < 4.78 is 6.75. The maximum absolute atomic E-state index is 13.5. The average molecular weight is 596 g/mol. The molecule has 2 aliphatic rings. The lowest BCUT2D eigenvalue weighted by atomic mass is 10.0. The van der Waals surface area contributed by atoms with E-state index in [1.165, 1.54) is 40.2 Å². The number of tetrazole rings is 1. The highest BCUT2D eigenvalue weighted by molar-refractivity contribution is 8.01. The van der Waals surface area contributed by atoms with Gasteiger partial charge in [0.15, 0.2) is 0 Å². The number of aliphatic carboxylic acids is 1. The molecule has 1 unspecified atom stereocenters. The van der Waals surface area contributed by atoms with Gasteiger partial charge in [-0.2, -0.15) is 0 Å². The number of amides is 3. The monoisotopic (exact) mass is 595 g/mol. The van der Waals surface area contributed by atoms with Crippen LogP contribution in [0.15, 0.2) is 71.0 Å². The second kappa shape index (κ2) is 12.0. The Hall–Kier alpha value is -4.37. The van der Waals surface area contributed by atoms with Gasteiger partial charge in [0.2, 0.25) is 11.1 Å². The summed E-state index contributed by atoms with van der Waals surface area (Å²) in [6.45, 7) is 0. The van der Waals surface area contributed by atoms with Crippen molar-refractivity contribution in [3.05, 3.63) is 77.0 Å². The smallest absolute Gasteiger partial charge is 0.352 e. The average Bonchev–Trinajstić information content (AvgIpc) is 3.41. The van der Waals surface area contributed by atoms with Crippen LogP contribution in [-0.4, -0.2) is 83.9 Å². The van der Waals surface area contributed by atoms with Crippen molar-refractivity contribution in [2.45, 2.75) is 22.6 Å². The third-order valence-corrected chi connectivity index (χ3v) is 8.96. The van der Waals surface area contributed by atoms with Crippen molar-refractivity contribution in [3.63, 3.8) is 0 Å². The van der Waals surface area contributed by atoms with Crippen molar-refractivity contribution in [2.24, 2.45) is 7.05 Å². The minimum absolute atomic E-state index is 0.101. The number of carboxylic acids is 1. The number of aromatic nitrogens is 4. The first kappa shape index (κ1) is 28.2. The number of para-hydroxylation sites is 1. The SMILES string of the molecule is COc1ccccc1C(=O)N[C@H](C(=O)NC1C(=O)N2C(C(=O)O)=C(CSc3nnnn3C)CS[C@@H]12)c1ccccc1. The third kappa shape index (κ3) is 5.63. The molecule has 0 radical (unpaired) electrons. The number of ether oxygens (including phenoxy) is 1. The fourth-order valence-electron chi connectivity index (χ4n) is 4.51. The number of hydrogen-bond donors (Lipinski definition) is 3. The molecule has 0 bridgehead atoms. The Morgan fingerprint density at radius 2 is 1.90 bits per heavy atom. The van der Waals surface area contributed by atoms with Gasteiger partial charge in [0.25, 0.3) is 11.8 Å². The van der Waals surface area contributed by atoms with Crippen LogP contribution in [0, 0.1) is 0 Å². The molecule has 2 aliphatic heterocycles. The van der Waals surface area contributed by atoms with Gasteiger partial charge in [0.05, 0.1) is 12.7 Å². The van der Waals surface area contributed by atoms with E-state index in [0.29, 0.717) is 27.8 Å². The minimum Gasteiger partial charge on any atom is -0.496 e. The van der Waals surface area contributed by atoms with E-state index in [1.807, 2.05) is 0 Å². The van der Waals surface area contributed by atoms with Crippen LogP contribution in [0.25, 0.3) is 0 Å². The molecule has 1 aromatic heterocycles. The molecule has 3 aromatic rings. The van der Waals surface area contributed by atoms with Crippen molar-refractivity contribution in [3.8, 4) is 5.75 Å². The molecule has 0 saturated carbocycles. The topological polar surface area (TPSA) is 169 Å². The number of nitrogens with one attached hydrogen (secondary N) is 2. The predicted octanol–water partition coefficient (Wildman–Crippen LogP) is 1.22. The molecule has 2 aromatic carbocycles. The van der Waals surface area contributed by atoms with Crippen molar-refractivity contribution in [1.82, 2.24) is 35.7 Å². The van der Waals surface area contributed by atoms with E-state index in [-0.39, 0.29) is 17.0 Å². The van der Waals surface area contributed by atoms with E-state index in [1.54, 1.807) is 61.6 Å². The van der Waals surface area contributed by atoms with Crippen molar-refractivity contribution in [1.29, 1.82) is 0 Å². The highest BCUT2D eigenvalue weighted by atomic mass is 32.2. The fourth-order valence-corrected chi connectivity index (χ4v) is 6.85. The highest BCUT2D eigenvalue weighted by Crippen LogP contribution is 2.41. The van der Waals surface area contributed by atoms with Crippen LogP contribution in [0.3, 0.4) is 0 Å². The summed E-state index contributed by atoms with van der Waals surface area (Å²) in [6.07, 6.45) is 0. The van der Waals surface area contributed by atoms with E-state index in [4.69, 9.17) is 4.74 Å². The maximum Gasteiger partial charge on any atom is 0.352 e. The normalized spacial score (nSPS) is 18.7. The first-order chi connectivity index (χ1) is 19.8. The molecular formula is C26H25N7O6S2. The van der Waals surface area contributed by atoms with Crippen LogP contribution in [0.1, 0.15) is 22.0 Å². The lowest BCUT2D eigenvalue weighted by molar-refractivity contribution is -0.151. The Kier molecular flexibility index (Phi) is 8.26. The summed E-state index contributed by atoms with van der Waals surface area (Å²) in [5.41, 5.74) is 1.21. The van der Waals surface area contributed by atoms with Crippen LogP contribution in [0.4, 0.5) is 0 Å². The van der Waals surface area contributed by atoms with E-state index in [9.17, 15) is 24.3 Å².